The molecule has 4 heteroatoms. The SMILES string of the molecule is Cc1nn(C)c(C)c1CNC(=O)C12CC3CC(C)(CC(C)(C3)C1)C2. The van der Waals surface area contributed by atoms with Crippen LogP contribution in [0.25, 0.3) is 0 Å². The molecule has 0 spiro atoms. The molecule has 5 rings (SSSR count). The molecule has 0 saturated heterocycles. The number of hydrogen-bond acceptors (Lipinski definition) is 2. The van der Waals surface area contributed by atoms with E-state index in [1.807, 2.05) is 18.7 Å². The van der Waals surface area contributed by atoms with Crippen LogP contribution in [-0.4, -0.2) is 15.7 Å². The molecule has 4 saturated carbocycles. The molecular weight excluding hydrogens is 298 g/mol. The van der Waals surface area contributed by atoms with Gasteiger partial charge in [0.05, 0.1) is 11.1 Å². The molecule has 1 heterocycles. The van der Waals surface area contributed by atoms with Crippen LogP contribution in [0.4, 0.5) is 0 Å². The van der Waals surface area contributed by atoms with Gasteiger partial charge in [-0.15, -0.1) is 0 Å². The van der Waals surface area contributed by atoms with E-state index in [0.717, 1.165) is 36.6 Å². The molecule has 4 fully saturated rings. The molecule has 4 aliphatic rings. The molecular formula is C20H31N3O. The van der Waals surface area contributed by atoms with Crippen molar-refractivity contribution < 1.29 is 4.79 Å². The van der Waals surface area contributed by atoms with Gasteiger partial charge in [0.15, 0.2) is 0 Å². The van der Waals surface area contributed by atoms with Gasteiger partial charge in [-0.05, 0) is 69.1 Å². The van der Waals surface area contributed by atoms with Crippen molar-refractivity contribution in [3.8, 4) is 0 Å². The molecule has 1 N–H and O–H groups in total. The maximum absolute atomic E-state index is 13.2. The molecule has 0 aliphatic heterocycles. The second-order valence-electron chi connectivity index (χ2n) is 9.87. The van der Waals surface area contributed by atoms with E-state index in [9.17, 15) is 4.79 Å². The van der Waals surface area contributed by atoms with Crippen LogP contribution in [0.15, 0.2) is 0 Å². The predicted octanol–water partition coefficient (Wildman–Crippen LogP) is 3.65. The zero-order valence-electron chi connectivity index (χ0n) is 15.8. The number of aryl methyl sites for hydroxylation is 2. The highest BCUT2D eigenvalue weighted by Crippen LogP contribution is 2.69. The van der Waals surface area contributed by atoms with E-state index in [-0.39, 0.29) is 5.41 Å². The van der Waals surface area contributed by atoms with Gasteiger partial charge in [-0.2, -0.15) is 5.10 Å². The van der Waals surface area contributed by atoms with Gasteiger partial charge < -0.3 is 5.32 Å². The minimum absolute atomic E-state index is 0.118. The third-order valence-corrected chi connectivity index (χ3v) is 7.19. The van der Waals surface area contributed by atoms with E-state index >= 15 is 0 Å². The molecule has 4 bridgehead atoms. The third-order valence-electron chi connectivity index (χ3n) is 7.19. The molecule has 2 atom stereocenters. The van der Waals surface area contributed by atoms with Crippen LogP contribution in [0.5, 0.6) is 0 Å². The van der Waals surface area contributed by atoms with E-state index in [1.165, 1.54) is 24.8 Å². The summed E-state index contributed by atoms with van der Waals surface area (Å²) in [6.45, 7) is 9.57. The Bertz CT molecular complexity index is 686. The normalized spacial score (nSPS) is 40.1. The Kier molecular flexibility index (Phi) is 3.27. The largest absolute Gasteiger partial charge is 0.351 e. The zero-order chi connectivity index (χ0) is 17.3. The van der Waals surface area contributed by atoms with Gasteiger partial charge >= 0.3 is 0 Å². The Labute approximate surface area is 145 Å². The van der Waals surface area contributed by atoms with E-state index in [1.54, 1.807) is 0 Å². The first-order valence-corrected chi connectivity index (χ1v) is 9.41. The standard InChI is InChI=1S/C20H31N3O/c1-13-16(14(2)23(5)22-13)9-21-17(24)20-8-15-6-18(3,11-20)10-19(4,7-15)12-20/h15H,6-12H2,1-5H3,(H,21,24). The number of hydrogen-bond donors (Lipinski definition) is 1. The molecule has 0 aromatic carbocycles. The predicted molar refractivity (Wildman–Crippen MR) is 94.4 cm³/mol. The molecule has 1 aromatic heterocycles. The maximum Gasteiger partial charge on any atom is 0.226 e. The molecule has 1 amide bonds. The molecule has 132 valence electrons. The van der Waals surface area contributed by atoms with Crippen LogP contribution in [0, 0.1) is 36.0 Å². The Morgan fingerprint density at radius 3 is 2.29 bits per heavy atom. The maximum atomic E-state index is 13.2. The number of rotatable bonds is 3. The van der Waals surface area contributed by atoms with Crippen molar-refractivity contribution in [2.24, 2.45) is 29.2 Å². The summed E-state index contributed by atoms with van der Waals surface area (Å²) >= 11 is 0. The summed E-state index contributed by atoms with van der Waals surface area (Å²) in [5.74, 6) is 1.05. The van der Waals surface area contributed by atoms with Gasteiger partial charge in [-0.25, -0.2) is 0 Å². The Morgan fingerprint density at radius 1 is 1.17 bits per heavy atom. The zero-order valence-corrected chi connectivity index (χ0v) is 15.8. The molecule has 2 unspecified atom stereocenters. The van der Waals surface area contributed by atoms with Crippen molar-refractivity contribution >= 4 is 5.91 Å². The van der Waals surface area contributed by atoms with Crippen LogP contribution < -0.4 is 5.32 Å². The minimum atomic E-state index is -0.118. The first-order valence-electron chi connectivity index (χ1n) is 9.41. The van der Waals surface area contributed by atoms with Gasteiger partial charge in [0.2, 0.25) is 5.91 Å². The number of carbonyl (C=O) groups is 1. The minimum Gasteiger partial charge on any atom is -0.351 e. The smallest absolute Gasteiger partial charge is 0.226 e. The summed E-state index contributed by atoms with van der Waals surface area (Å²) in [5.41, 5.74) is 3.99. The van der Waals surface area contributed by atoms with Crippen molar-refractivity contribution in [2.75, 3.05) is 0 Å². The number of aromatic nitrogens is 2. The highest BCUT2D eigenvalue weighted by atomic mass is 16.2. The second kappa shape index (κ2) is 4.86. The number of nitrogens with zero attached hydrogens (tertiary/aromatic N) is 2. The second-order valence-corrected chi connectivity index (χ2v) is 9.87. The Hall–Kier alpha value is -1.32. The topological polar surface area (TPSA) is 46.9 Å². The first-order chi connectivity index (χ1) is 11.1. The summed E-state index contributed by atoms with van der Waals surface area (Å²) < 4.78 is 1.91. The number of nitrogens with one attached hydrogen (secondary N) is 1. The van der Waals surface area contributed by atoms with Crippen molar-refractivity contribution in [1.29, 1.82) is 0 Å². The van der Waals surface area contributed by atoms with E-state index in [4.69, 9.17) is 0 Å². The van der Waals surface area contributed by atoms with Crippen molar-refractivity contribution in [2.45, 2.75) is 72.8 Å². The van der Waals surface area contributed by atoms with Crippen LogP contribution >= 0.6 is 0 Å². The van der Waals surface area contributed by atoms with E-state index < -0.39 is 0 Å². The number of amides is 1. The number of carbonyl (C=O) groups excluding carboxylic acids is 1. The lowest BCUT2D eigenvalue weighted by Crippen LogP contribution is -2.59. The van der Waals surface area contributed by atoms with Gasteiger partial charge in [0.25, 0.3) is 0 Å². The summed E-state index contributed by atoms with van der Waals surface area (Å²) in [6, 6.07) is 0. The summed E-state index contributed by atoms with van der Waals surface area (Å²) in [5, 5.41) is 7.76. The Morgan fingerprint density at radius 2 is 1.79 bits per heavy atom. The fraction of sp³-hybridized carbons (Fsp3) is 0.800. The van der Waals surface area contributed by atoms with Crippen molar-refractivity contribution in [1.82, 2.24) is 15.1 Å². The quantitative estimate of drug-likeness (QED) is 0.920. The highest BCUT2D eigenvalue weighted by Gasteiger charge is 2.62. The summed E-state index contributed by atoms with van der Waals surface area (Å²) in [4.78, 5) is 13.2. The first kappa shape index (κ1) is 16.2. The molecule has 4 aliphatic carbocycles. The van der Waals surface area contributed by atoms with Crippen molar-refractivity contribution in [3.63, 3.8) is 0 Å². The van der Waals surface area contributed by atoms with Gasteiger partial charge in [-0.3, -0.25) is 9.48 Å². The monoisotopic (exact) mass is 329 g/mol. The average Bonchev–Trinajstić information content (AvgIpc) is 2.66. The van der Waals surface area contributed by atoms with Crippen LogP contribution in [0.1, 0.15) is 69.3 Å². The molecule has 1 aromatic rings. The molecule has 4 nitrogen and oxygen atoms in total. The Balaban J connectivity index is 1.54. The van der Waals surface area contributed by atoms with Crippen molar-refractivity contribution in [3.05, 3.63) is 17.0 Å². The van der Waals surface area contributed by atoms with Gasteiger partial charge in [0.1, 0.15) is 0 Å². The third kappa shape index (κ3) is 2.33. The van der Waals surface area contributed by atoms with E-state index in [0.29, 0.717) is 23.3 Å². The highest BCUT2D eigenvalue weighted by molar-refractivity contribution is 5.83. The molecule has 24 heavy (non-hydrogen) atoms. The van der Waals surface area contributed by atoms with Gasteiger partial charge in [0, 0.05) is 24.8 Å². The lowest BCUT2D eigenvalue weighted by atomic mass is 9.40. The van der Waals surface area contributed by atoms with Crippen LogP contribution in [0.2, 0.25) is 0 Å². The van der Waals surface area contributed by atoms with E-state index in [2.05, 4.69) is 31.2 Å². The fourth-order valence-corrected chi connectivity index (χ4v) is 7.13. The lowest BCUT2D eigenvalue weighted by molar-refractivity contribution is -0.170. The summed E-state index contributed by atoms with van der Waals surface area (Å²) in [7, 11) is 1.97. The van der Waals surface area contributed by atoms with Gasteiger partial charge in [-0.1, -0.05) is 13.8 Å². The molecule has 0 radical (unpaired) electrons. The fourth-order valence-electron chi connectivity index (χ4n) is 7.13. The lowest BCUT2D eigenvalue weighted by Gasteiger charge is -2.64. The van der Waals surface area contributed by atoms with Crippen LogP contribution in [0.3, 0.4) is 0 Å². The summed E-state index contributed by atoms with van der Waals surface area (Å²) in [6.07, 6.45) is 7.25. The van der Waals surface area contributed by atoms with Crippen LogP contribution in [-0.2, 0) is 18.4 Å². The average molecular weight is 329 g/mol.